The SMILES string of the molecule is CNS(=O)(=O)c1cc(NCC(C)(C)C)cc(C(=O)Nc2ccc3c(c2)CCC3)c1. The van der Waals surface area contributed by atoms with Gasteiger partial charge in [-0.2, -0.15) is 0 Å². The summed E-state index contributed by atoms with van der Waals surface area (Å²) in [7, 11) is -2.33. The fourth-order valence-electron chi connectivity index (χ4n) is 3.33. The average molecular weight is 416 g/mol. The van der Waals surface area contributed by atoms with Crippen LogP contribution in [0.1, 0.15) is 48.7 Å². The Morgan fingerprint density at radius 3 is 2.41 bits per heavy atom. The van der Waals surface area contributed by atoms with Gasteiger partial charge in [-0.3, -0.25) is 4.79 Å². The Morgan fingerprint density at radius 2 is 1.72 bits per heavy atom. The molecule has 156 valence electrons. The molecule has 0 bridgehead atoms. The summed E-state index contributed by atoms with van der Waals surface area (Å²) in [6.45, 7) is 6.88. The van der Waals surface area contributed by atoms with Crippen LogP contribution < -0.4 is 15.4 Å². The summed E-state index contributed by atoms with van der Waals surface area (Å²) in [5.41, 5.74) is 4.21. The first-order valence-electron chi connectivity index (χ1n) is 9.83. The molecule has 0 heterocycles. The van der Waals surface area contributed by atoms with Crippen LogP contribution in [-0.4, -0.2) is 27.9 Å². The highest BCUT2D eigenvalue weighted by Gasteiger charge is 2.19. The zero-order chi connectivity index (χ0) is 21.2. The van der Waals surface area contributed by atoms with E-state index in [4.69, 9.17) is 0 Å². The molecular weight excluding hydrogens is 386 g/mol. The van der Waals surface area contributed by atoms with Crippen LogP contribution in [0.25, 0.3) is 0 Å². The van der Waals surface area contributed by atoms with E-state index < -0.39 is 10.0 Å². The minimum Gasteiger partial charge on any atom is -0.384 e. The van der Waals surface area contributed by atoms with Crippen molar-refractivity contribution in [1.29, 1.82) is 0 Å². The summed E-state index contributed by atoms with van der Waals surface area (Å²) in [5.74, 6) is -0.338. The third-order valence-corrected chi connectivity index (χ3v) is 6.32. The van der Waals surface area contributed by atoms with Gasteiger partial charge in [0.15, 0.2) is 0 Å². The molecule has 1 amide bonds. The van der Waals surface area contributed by atoms with Gasteiger partial charge in [0, 0.05) is 23.5 Å². The summed E-state index contributed by atoms with van der Waals surface area (Å²) in [5, 5.41) is 6.14. The van der Waals surface area contributed by atoms with Gasteiger partial charge in [0.1, 0.15) is 0 Å². The van der Waals surface area contributed by atoms with Gasteiger partial charge in [0.25, 0.3) is 5.91 Å². The van der Waals surface area contributed by atoms with Crippen LogP contribution in [0.5, 0.6) is 0 Å². The van der Waals surface area contributed by atoms with Crippen LogP contribution >= 0.6 is 0 Å². The molecule has 0 spiro atoms. The number of nitrogens with one attached hydrogen (secondary N) is 3. The number of hydrogen-bond acceptors (Lipinski definition) is 4. The van der Waals surface area contributed by atoms with E-state index in [1.807, 2.05) is 12.1 Å². The molecule has 0 radical (unpaired) electrons. The largest absolute Gasteiger partial charge is 0.384 e. The molecule has 7 heteroatoms. The number of amides is 1. The third-order valence-electron chi connectivity index (χ3n) is 4.93. The smallest absolute Gasteiger partial charge is 0.255 e. The fraction of sp³-hybridized carbons (Fsp3) is 0.409. The molecule has 29 heavy (non-hydrogen) atoms. The molecule has 1 aliphatic rings. The lowest BCUT2D eigenvalue weighted by atomic mass is 9.97. The van der Waals surface area contributed by atoms with Crippen LogP contribution in [0.3, 0.4) is 0 Å². The molecule has 6 nitrogen and oxygen atoms in total. The van der Waals surface area contributed by atoms with E-state index in [-0.39, 0.29) is 16.2 Å². The number of aryl methyl sites for hydroxylation is 2. The van der Waals surface area contributed by atoms with E-state index in [1.54, 1.807) is 12.1 Å². The van der Waals surface area contributed by atoms with E-state index in [1.165, 1.54) is 24.2 Å². The predicted octanol–water partition coefficient (Wildman–Crippen LogP) is 3.79. The number of benzene rings is 2. The van der Waals surface area contributed by atoms with Gasteiger partial charge >= 0.3 is 0 Å². The Labute approximate surface area is 173 Å². The van der Waals surface area contributed by atoms with Crippen molar-refractivity contribution in [1.82, 2.24) is 4.72 Å². The second kappa shape index (κ2) is 8.16. The first kappa shape index (κ1) is 21.3. The van der Waals surface area contributed by atoms with Crippen LogP contribution in [0.2, 0.25) is 0 Å². The summed E-state index contributed by atoms with van der Waals surface area (Å²) in [6.07, 6.45) is 3.24. The van der Waals surface area contributed by atoms with Crippen LogP contribution in [0.4, 0.5) is 11.4 Å². The lowest BCUT2D eigenvalue weighted by Gasteiger charge is -2.20. The standard InChI is InChI=1S/C22H29N3O3S/c1-22(2,3)14-24-19-11-17(12-20(13-19)29(27,28)23-4)21(26)25-18-9-8-15-6-5-7-16(15)10-18/h8-13,23-24H,5-7,14H2,1-4H3,(H,25,26). The van der Waals surface area contributed by atoms with Crippen molar-refractivity contribution in [2.24, 2.45) is 5.41 Å². The number of hydrogen-bond donors (Lipinski definition) is 3. The van der Waals surface area contributed by atoms with Gasteiger partial charge in [-0.25, -0.2) is 13.1 Å². The molecule has 1 aliphatic carbocycles. The Balaban J connectivity index is 1.89. The molecule has 0 saturated carbocycles. The highest BCUT2D eigenvalue weighted by Crippen LogP contribution is 2.26. The van der Waals surface area contributed by atoms with Crippen LogP contribution in [-0.2, 0) is 22.9 Å². The summed E-state index contributed by atoms with van der Waals surface area (Å²) in [6, 6.07) is 10.6. The molecule has 0 fully saturated rings. The van der Waals surface area contributed by atoms with Crippen molar-refractivity contribution in [3.63, 3.8) is 0 Å². The van der Waals surface area contributed by atoms with Crippen molar-refractivity contribution >= 4 is 27.3 Å². The number of carbonyl (C=O) groups is 1. The summed E-state index contributed by atoms with van der Waals surface area (Å²) >= 11 is 0. The molecule has 0 saturated heterocycles. The number of carbonyl (C=O) groups excluding carboxylic acids is 1. The Bertz CT molecular complexity index is 1020. The topological polar surface area (TPSA) is 87.3 Å². The Hall–Kier alpha value is -2.38. The second-order valence-electron chi connectivity index (χ2n) is 8.66. The first-order valence-corrected chi connectivity index (χ1v) is 11.3. The van der Waals surface area contributed by atoms with Gasteiger partial charge in [0.2, 0.25) is 10.0 Å². The Morgan fingerprint density at radius 1 is 1.00 bits per heavy atom. The molecule has 2 aromatic carbocycles. The quantitative estimate of drug-likeness (QED) is 0.670. The van der Waals surface area contributed by atoms with Crippen LogP contribution in [0.15, 0.2) is 41.3 Å². The van der Waals surface area contributed by atoms with E-state index in [0.717, 1.165) is 24.9 Å². The lowest BCUT2D eigenvalue weighted by molar-refractivity contribution is 0.102. The molecule has 0 aromatic heterocycles. The maximum atomic E-state index is 12.9. The Kier molecular flexibility index (Phi) is 6.00. The zero-order valence-electron chi connectivity index (χ0n) is 17.4. The van der Waals surface area contributed by atoms with Gasteiger partial charge in [0.05, 0.1) is 4.90 Å². The summed E-state index contributed by atoms with van der Waals surface area (Å²) in [4.78, 5) is 12.9. The number of fused-ring (bicyclic) bond motifs is 1. The average Bonchev–Trinajstić information content (AvgIpc) is 3.13. The highest BCUT2D eigenvalue weighted by molar-refractivity contribution is 7.89. The monoisotopic (exact) mass is 415 g/mol. The molecule has 0 unspecified atom stereocenters. The number of anilines is 2. The van der Waals surface area contributed by atoms with Gasteiger partial charge in [-0.05, 0) is 73.2 Å². The maximum absolute atomic E-state index is 12.9. The molecule has 0 aliphatic heterocycles. The van der Waals surface area contributed by atoms with Crippen molar-refractivity contribution in [3.8, 4) is 0 Å². The zero-order valence-corrected chi connectivity index (χ0v) is 18.2. The van der Waals surface area contributed by atoms with Crippen molar-refractivity contribution in [3.05, 3.63) is 53.1 Å². The number of sulfonamides is 1. The highest BCUT2D eigenvalue weighted by atomic mass is 32.2. The first-order chi connectivity index (χ1) is 13.6. The normalized spacial score (nSPS) is 13.8. The predicted molar refractivity (Wildman–Crippen MR) is 117 cm³/mol. The van der Waals surface area contributed by atoms with Crippen molar-refractivity contribution in [2.45, 2.75) is 44.9 Å². The number of rotatable bonds is 6. The molecule has 0 atom stereocenters. The fourth-order valence-corrected chi connectivity index (χ4v) is 4.13. The van der Waals surface area contributed by atoms with E-state index in [2.05, 4.69) is 42.2 Å². The van der Waals surface area contributed by atoms with Gasteiger partial charge in [-0.15, -0.1) is 0 Å². The maximum Gasteiger partial charge on any atom is 0.255 e. The van der Waals surface area contributed by atoms with Gasteiger partial charge in [-0.1, -0.05) is 26.8 Å². The minimum atomic E-state index is -3.68. The molecule has 3 N–H and O–H groups in total. The molecule has 3 rings (SSSR count). The van der Waals surface area contributed by atoms with E-state index in [9.17, 15) is 13.2 Å². The van der Waals surface area contributed by atoms with Crippen LogP contribution in [0, 0.1) is 5.41 Å². The minimum absolute atomic E-state index is 0.00469. The van der Waals surface area contributed by atoms with Crippen molar-refractivity contribution < 1.29 is 13.2 Å². The molecular formula is C22H29N3O3S. The van der Waals surface area contributed by atoms with E-state index in [0.29, 0.717) is 17.8 Å². The molecule has 2 aromatic rings. The summed E-state index contributed by atoms with van der Waals surface area (Å²) < 4.78 is 27.0. The second-order valence-corrected chi connectivity index (χ2v) is 10.5. The van der Waals surface area contributed by atoms with E-state index >= 15 is 0 Å². The third kappa shape index (κ3) is 5.36. The van der Waals surface area contributed by atoms with Gasteiger partial charge < -0.3 is 10.6 Å². The lowest BCUT2D eigenvalue weighted by Crippen LogP contribution is -2.22. The van der Waals surface area contributed by atoms with Crippen molar-refractivity contribution in [2.75, 3.05) is 24.2 Å².